The minimum absolute atomic E-state index is 0.0129. The first-order chi connectivity index (χ1) is 21.1. The summed E-state index contributed by atoms with van der Waals surface area (Å²) in [5, 5.41) is 5.47. The fraction of sp³-hybridized carbons (Fsp3) is 0.367. The molecule has 2 atom stereocenters. The van der Waals surface area contributed by atoms with E-state index >= 15 is 4.39 Å². The maximum atomic E-state index is 15.3. The van der Waals surface area contributed by atoms with Crippen LogP contribution in [0.25, 0.3) is 11.3 Å². The van der Waals surface area contributed by atoms with Crippen molar-refractivity contribution in [3.63, 3.8) is 0 Å². The van der Waals surface area contributed by atoms with Crippen molar-refractivity contribution >= 4 is 58.5 Å². The van der Waals surface area contributed by atoms with Crippen LogP contribution in [0.15, 0.2) is 30.3 Å². The van der Waals surface area contributed by atoms with Crippen LogP contribution >= 0.6 is 23.2 Å². The van der Waals surface area contributed by atoms with E-state index < -0.39 is 29.4 Å². The Labute approximate surface area is 261 Å². The SMILES string of the molecule is COC(=O)Cc1ccc2c(c1)NC(=O)CCCCC(C(=O)N1CC[C@@]3(C1)OC(=O)Nc1ccc(Cl)c(F)c13)c1nc-2c(Cl)[nH]1. The van der Waals surface area contributed by atoms with Gasteiger partial charge in [0, 0.05) is 24.9 Å². The van der Waals surface area contributed by atoms with Gasteiger partial charge in [-0.1, -0.05) is 41.8 Å². The minimum atomic E-state index is -1.40. The summed E-state index contributed by atoms with van der Waals surface area (Å²) < 4.78 is 25.7. The maximum absolute atomic E-state index is 15.3. The molecule has 0 aliphatic carbocycles. The standard InChI is InChI=1S/C30H28Cl2FN5O6/c1-43-22(40)13-15-6-7-16-20(12-15)34-21(39)5-3-2-4-17(27-36-25(16)26(32)37-27)28(41)38-11-10-30(14-38)23-19(35-29(42)44-30)9-8-18(31)24(23)33/h6-9,12,17H,2-5,10-11,13-14H2,1H3,(H,34,39)(H,35,42)(H,36,37)/t17?,30-/m0/s1. The molecule has 4 heterocycles. The Bertz CT molecular complexity index is 1700. The number of nitrogens with zero attached hydrogens (tertiary/aromatic N) is 2. The van der Waals surface area contributed by atoms with Crippen LogP contribution in [0.4, 0.5) is 20.6 Å². The number of esters is 1. The summed E-state index contributed by atoms with van der Waals surface area (Å²) in [7, 11) is 1.30. The molecule has 44 heavy (non-hydrogen) atoms. The molecule has 1 fully saturated rings. The van der Waals surface area contributed by atoms with E-state index in [0.717, 1.165) is 0 Å². The van der Waals surface area contributed by atoms with Crippen molar-refractivity contribution in [2.75, 3.05) is 30.8 Å². The molecule has 3 amide bonds. The topological polar surface area (TPSA) is 143 Å². The Balaban J connectivity index is 1.33. The predicted molar refractivity (Wildman–Crippen MR) is 159 cm³/mol. The number of hydrogen-bond acceptors (Lipinski definition) is 7. The number of aromatic amines is 1. The third-order valence-corrected chi connectivity index (χ3v) is 8.83. The molecular weight excluding hydrogens is 616 g/mol. The number of hydrogen-bond donors (Lipinski definition) is 3. The number of H-pyrrole nitrogens is 1. The summed E-state index contributed by atoms with van der Waals surface area (Å²) in [5.74, 6) is -2.09. The van der Waals surface area contributed by atoms with Gasteiger partial charge in [-0.25, -0.2) is 14.2 Å². The number of aromatic nitrogens is 2. The number of likely N-dealkylation sites (tertiary alicyclic amines) is 1. The fourth-order valence-corrected chi connectivity index (χ4v) is 6.53. The molecule has 3 aromatic rings. The van der Waals surface area contributed by atoms with E-state index in [9.17, 15) is 19.2 Å². The van der Waals surface area contributed by atoms with Gasteiger partial charge in [-0.3, -0.25) is 19.7 Å². The number of fused-ring (bicyclic) bond motifs is 6. The molecule has 3 aliphatic heterocycles. The molecule has 2 bridgehead atoms. The maximum Gasteiger partial charge on any atom is 0.412 e. The molecule has 1 aromatic heterocycles. The fourth-order valence-electron chi connectivity index (χ4n) is 6.13. The molecule has 230 valence electrons. The first-order valence-corrected chi connectivity index (χ1v) is 14.9. The van der Waals surface area contributed by atoms with Gasteiger partial charge in [0.05, 0.1) is 48.0 Å². The van der Waals surface area contributed by atoms with Crippen molar-refractivity contribution < 1.29 is 33.0 Å². The summed E-state index contributed by atoms with van der Waals surface area (Å²) in [5.41, 5.74) is 0.845. The van der Waals surface area contributed by atoms with Crippen LogP contribution in [0.5, 0.6) is 0 Å². The van der Waals surface area contributed by atoms with Gasteiger partial charge in [0.2, 0.25) is 11.8 Å². The van der Waals surface area contributed by atoms with E-state index in [1.165, 1.54) is 24.1 Å². The zero-order chi connectivity index (χ0) is 31.2. The second-order valence-corrected chi connectivity index (χ2v) is 11.9. The summed E-state index contributed by atoms with van der Waals surface area (Å²) in [6, 6.07) is 7.97. The number of benzene rings is 2. The van der Waals surface area contributed by atoms with Gasteiger partial charge in [0.1, 0.15) is 16.7 Å². The minimum Gasteiger partial charge on any atom is -0.469 e. The summed E-state index contributed by atoms with van der Waals surface area (Å²) >= 11 is 12.7. The molecule has 0 radical (unpaired) electrons. The normalized spacial score (nSPS) is 21.3. The third kappa shape index (κ3) is 5.48. The highest BCUT2D eigenvalue weighted by Crippen LogP contribution is 2.46. The van der Waals surface area contributed by atoms with Crippen LogP contribution in [0.2, 0.25) is 10.2 Å². The predicted octanol–water partition coefficient (Wildman–Crippen LogP) is 5.52. The van der Waals surface area contributed by atoms with Crippen LogP contribution in [0, 0.1) is 5.82 Å². The first kappa shape index (κ1) is 29.9. The van der Waals surface area contributed by atoms with Gasteiger partial charge < -0.3 is 24.7 Å². The second kappa shape index (κ2) is 11.7. The van der Waals surface area contributed by atoms with Crippen LogP contribution < -0.4 is 10.6 Å². The number of halogens is 3. The van der Waals surface area contributed by atoms with E-state index in [1.54, 1.807) is 18.2 Å². The van der Waals surface area contributed by atoms with Gasteiger partial charge in [-0.2, -0.15) is 0 Å². The van der Waals surface area contributed by atoms with Crippen LogP contribution in [0.1, 0.15) is 55.0 Å². The van der Waals surface area contributed by atoms with E-state index in [1.807, 2.05) is 0 Å². The Morgan fingerprint density at radius 1 is 1.16 bits per heavy atom. The third-order valence-electron chi connectivity index (χ3n) is 8.26. The average Bonchev–Trinajstić information content (AvgIpc) is 3.57. The number of carbonyl (C=O) groups is 4. The highest BCUT2D eigenvalue weighted by molar-refractivity contribution is 6.32. The molecule has 11 nitrogen and oxygen atoms in total. The van der Waals surface area contributed by atoms with Gasteiger partial charge >= 0.3 is 12.1 Å². The van der Waals surface area contributed by atoms with E-state index in [4.69, 9.17) is 37.7 Å². The monoisotopic (exact) mass is 643 g/mol. The smallest absolute Gasteiger partial charge is 0.412 e. The molecular formula is C30H28Cl2FN5O6. The number of amides is 3. The van der Waals surface area contributed by atoms with Gasteiger partial charge in [0.25, 0.3) is 0 Å². The Morgan fingerprint density at radius 3 is 2.77 bits per heavy atom. The van der Waals surface area contributed by atoms with Gasteiger partial charge in [-0.15, -0.1) is 0 Å². The lowest BCUT2D eigenvalue weighted by Crippen LogP contribution is -2.44. The van der Waals surface area contributed by atoms with Crippen molar-refractivity contribution in [1.29, 1.82) is 0 Å². The van der Waals surface area contributed by atoms with Crippen LogP contribution in [-0.2, 0) is 35.9 Å². The zero-order valence-corrected chi connectivity index (χ0v) is 25.1. The molecule has 1 saturated heterocycles. The second-order valence-electron chi connectivity index (χ2n) is 11.1. The number of imidazole rings is 1. The highest BCUT2D eigenvalue weighted by atomic mass is 35.5. The number of anilines is 2. The van der Waals surface area contributed by atoms with Crippen molar-refractivity contribution in [2.24, 2.45) is 0 Å². The average molecular weight is 644 g/mol. The quantitative estimate of drug-likeness (QED) is 0.319. The Morgan fingerprint density at radius 2 is 1.98 bits per heavy atom. The lowest BCUT2D eigenvalue weighted by atomic mass is 9.89. The number of carbonyl (C=O) groups excluding carboxylic acids is 4. The Kier molecular flexibility index (Phi) is 7.97. The van der Waals surface area contributed by atoms with Crippen molar-refractivity contribution in [1.82, 2.24) is 14.9 Å². The molecule has 2 aromatic carbocycles. The van der Waals surface area contributed by atoms with Crippen molar-refractivity contribution in [3.8, 4) is 11.3 Å². The van der Waals surface area contributed by atoms with Crippen molar-refractivity contribution in [3.05, 3.63) is 63.3 Å². The van der Waals surface area contributed by atoms with Crippen LogP contribution in [0.3, 0.4) is 0 Å². The van der Waals surface area contributed by atoms with Gasteiger partial charge in [0.15, 0.2) is 11.4 Å². The highest BCUT2D eigenvalue weighted by Gasteiger charge is 2.51. The molecule has 3 N–H and O–H groups in total. The summed E-state index contributed by atoms with van der Waals surface area (Å²) in [4.78, 5) is 60.6. The molecule has 3 aliphatic rings. The van der Waals surface area contributed by atoms with Gasteiger partial charge in [-0.05, 0) is 36.6 Å². The van der Waals surface area contributed by atoms with Crippen molar-refractivity contribution in [2.45, 2.75) is 50.0 Å². The van der Waals surface area contributed by atoms with Crippen LogP contribution in [-0.4, -0.2) is 58.9 Å². The number of methoxy groups -OCH3 is 1. The number of ether oxygens (including phenoxy) is 2. The van der Waals surface area contributed by atoms with E-state index in [0.29, 0.717) is 47.6 Å². The van der Waals surface area contributed by atoms with E-state index in [-0.39, 0.29) is 65.6 Å². The molecule has 14 heteroatoms. The van der Waals surface area contributed by atoms with E-state index in [2.05, 4.69) is 15.6 Å². The summed E-state index contributed by atoms with van der Waals surface area (Å²) in [6.45, 7) is 0.124. The molecule has 6 rings (SSSR count). The molecule has 1 unspecified atom stereocenters. The zero-order valence-electron chi connectivity index (χ0n) is 23.6. The largest absolute Gasteiger partial charge is 0.469 e. The number of nitrogens with one attached hydrogen (secondary N) is 3. The lowest BCUT2D eigenvalue weighted by molar-refractivity contribution is -0.139. The number of rotatable bonds is 3. The first-order valence-electron chi connectivity index (χ1n) is 14.1. The molecule has 1 spiro atoms. The summed E-state index contributed by atoms with van der Waals surface area (Å²) in [6.07, 6.45) is 1.04. The Hall–Kier alpha value is -4.16. The molecule has 0 saturated carbocycles. The lowest BCUT2D eigenvalue weighted by Gasteiger charge is -2.36.